The van der Waals surface area contributed by atoms with Gasteiger partial charge < -0.3 is 14.4 Å². The first kappa shape index (κ1) is 23.1. The van der Waals surface area contributed by atoms with Gasteiger partial charge in [-0.05, 0) is 19.3 Å². The topological polar surface area (TPSA) is 59.1 Å². The molecule has 11 heteroatoms. The summed E-state index contributed by atoms with van der Waals surface area (Å²) in [4.78, 5) is 27.5. The molecule has 6 nitrogen and oxygen atoms in total. The van der Waals surface area contributed by atoms with Crippen LogP contribution in [-0.4, -0.2) is 60.2 Å². The number of hydrogen-bond acceptors (Lipinski definition) is 4. The van der Waals surface area contributed by atoms with E-state index in [4.69, 9.17) is 4.74 Å². The van der Waals surface area contributed by atoms with Crippen molar-refractivity contribution in [2.45, 2.75) is 51.1 Å². The van der Waals surface area contributed by atoms with Gasteiger partial charge in [-0.15, -0.1) is 0 Å². The normalized spacial score (nSPS) is 19.7. The standard InChI is InChI=1S/C20H23F5N2O4/c1-2-3-4-12-9-31-20(29)27(12)11-5-7-26(8-6-11)13(28)10-30-19-17(24)15(22)14(21)16(23)18(19)25/h11-12H,2-10H2,1H3. The summed E-state index contributed by atoms with van der Waals surface area (Å²) in [5.41, 5.74) is 0. The lowest BCUT2D eigenvalue weighted by molar-refractivity contribution is -0.134. The molecule has 3 rings (SSSR count). The summed E-state index contributed by atoms with van der Waals surface area (Å²) < 4.78 is 76.7. The maximum Gasteiger partial charge on any atom is 0.410 e. The van der Waals surface area contributed by atoms with Crippen LogP contribution in [0.1, 0.15) is 39.0 Å². The summed E-state index contributed by atoms with van der Waals surface area (Å²) in [6, 6.07) is -0.103. The van der Waals surface area contributed by atoms with E-state index < -0.39 is 47.3 Å². The Balaban J connectivity index is 1.56. The SMILES string of the molecule is CCCCC1COC(=O)N1C1CCN(C(=O)COc2c(F)c(F)c(F)c(F)c2F)CC1. The smallest absolute Gasteiger partial charge is 0.410 e. The lowest BCUT2D eigenvalue weighted by Gasteiger charge is -2.37. The van der Waals surface area contributed by atoms with Crippen molar-refractivity contribution in [2.75, 3.05) is 26.3 Å². The van der Waals surface area contributed by atoms with Gasteiger partial charge in [-0.3, -0.25) is 9.69 Å². The van der Waals surface area contributed by atoms with Crippen molar-refractivity contribution in [3.8, 4) is 5.75 Å². The van der Waals surface area contributed by atoms with Crippen molar-refractivity contribution < 1.29 is 41.0 Å². The highest BCUT2D eigenvalue weighted by Gasteiger charge is 2.39. The molecule has 172 valence electrons. The van der Waals surface area contributed by atoms with Crippen LogP contribution in [0.4, 0.5) is 26.7 Å². The average molecular weight is 450 g/mol. The van der Waals surface area contributed by atoms with E-state index in [-0.39, 0.29) is 31.3 Å². The lowest BCUT2D eigenvalue weighted by Crippen LogP contribution is -2.50. The second-order valence-electron chi connectivity index (χ2n) is 7.58. The second kappa shape index (κ2) is 9.69. The van der Waals surface area contributed by atoms with E-state index in [1.807, 2.05) is 0 Å². The number of cyclic esters (lactones) is 1. The van der Waals surface area contributed by atoms with Crippen molar-refractivity contribution >= 4 is 12.0 Å². The van der Waals surface area contributed by atoms with Gasteiger partial charge in [0.25, 0.3) is 5.91 Å². The largest absolute Gasteiger partial charge is 0.477 e. The predicted molar refractivity (Wildman–Crippen MR) is 97.8 cm³/mol. The van der Waals surface area contributed by atoms with Crippen molar-refractivity contribution in [1.29, 1.82) is 0 Å². The molecule has 0 spiro atoms. The minimum Gasteiger partial charge on any atom is -0.477 e. The highest BCUT2D eigenvalue weighted by atomic mass is 19.2. The Bertz CT molecular complexity index is 816. The zero-order valence-electron chi connectivity index (χ0n) is 16.9. The molecule has 2 saturated heterocycles. The Hall–Kier alpha value is -2.59. The van der Waals surface area contributed by atoms with Crippen LogP contribution in [0.5, 0.6) is 5.75 Å². The molecule has 2 amide bonds. The van der Waals surface area contributed by atoms with Gasteiger partial charge in [0.2, 0.25) is 29.1 Å². The average Bonchev–Trinajstić information content (AvgIpc) is 3.15. The van der Waals surface area contributed by atoms with Gasteiger partial charge >= 0.3 is 6.09 Å². The fourth-order valence-corrected chi connectivity index (χ4v) is 3.91. The quantitative estimate of drug-likeness (QED) is 0.361. The van der Waals surface area contributed by atoms with E-state index in [1.165, 1.54) is 4.90 Å². The third-order valence-electron chi connectivity index (χ3n) is 5.61. The van der Waals surface area contributed by atoms with Gasteiger partial charge in [0.15, 0.2) is 12.4 Å². The Morgan fingerprint density at radius 3 is 2.19 bits per heavy atom. The number of carbonyl (C=O) groups excluding carboxylic acids is 2. The van der Waals surface area contributed by atoms with E-state index >= 15 is 0 Å². The predicted octanol–water partition coefficient (Wildman–Crippen LogP) is 3.76. The minimum absolute atomic E-state index is 0.00254. The van der Waals surface area contributed by atoms with Gasteiger partial charge in [0.1, 0.15) is 6.61 Å². The van der Waals surface area contributed by atoms with Gasteiger partial charge in [-0.1, -0.05) is 19.8 Å². The third-order valence-corrected chi connectivity index (χ3v) is 5.61. The molecule has 2 aliphatic heterocycles. The van der Waals surface area contributed by atoms with Gasteiger partial charge in [-0.2, -0.15) is 8.78 Å². The number of nitrogens with zero attached hydrogens (tertiary/aromatic N) is 2. The number of unbranched alkanes of at least 4 members (excludes halogenated alkanes) is 1. The van der Waals surface area contributed by atoms with Crippen LogP contribution in [0, 0.1) is 29.1 Å². The summed E-state index contributed by atoms with van der Waals surface area (Å²) in [6.07, 6.45) is 3.37. The molecule has 31 heavy (non-hydrogen) atoms. The first-order valence-electron chi connectivity index (χ1n) is 10.1. The van der Waals surface area contributed by atoms with Crippen molar-refractivity contribution in [3.05, 3.63) is 29.1 Å². The fourth-order valence-electron chi connectivity index (χ4n) is 3.91. The van der Waals surface area contributed by atoms with Crippen LogP contribution in [0.2, 0.25) is 0 Å². The van der Waals surface area contributed by atoms with Crippen LogP contribution < -0.4 is 4.74 Å². The summed E-state index contributed by atoms with van der Waals surface area (Å²) in [7, 11) is 0. The Labute approximate surface area is 175 Å². The maximum atomic E-state index is 13.7. The molecule has 1 atom stereocenters. The molecular formula is C20H23F5N2O4. The number of halogens is 5. The number of piperidine rings is 1. The summed E-state index contributed by atoms with van der Waals surface area (Å²) in [5, 5.41) is 0. The van der Waals surface area contributed by atoms with Crippen molar-refractivity contribution in [2.24, 2.45) is 0 Å². The molecule has 0 radical (unpaired) electrons. The fraction of sp³-hybridized carbons (Fsp3) is 0.600. The summed E-state index contributed by atoms with van der Waals surface area (Å²) >= 11 is 0. The summed E-state index contributed by atoms with van der Waals surface area (Å²) in [5.74, 6) is -13.0. The van der Waals surface area contributed by atoms with E-state index in [0.717, 1.165) is 19.3 Å². The minimum atomic E-state index is -2.30. The Kier molecular flexibility index (Phi) is 7.22. The maximum absolute atomic E-state index is 13.7. The Morgan fingerprint density at radius 1 is 1.03 bits per heavy atom. The molecule has 0 aliphatic carbocycles. The van der Waals surface area contributed by atoms with E-state index in [0.29, 0.717) is 19.4 Å². The molecule has 2 fully saturated rings. The molecule has 1 unspecified atom stereocenters. The number of carbonyl (C=O) groups is 2. The molecule has 2 aliphatic rings. The molecular weight excluding hydrogens is 427 g/mol. The van der Waals surface area contributed by atoms with Gasteiger partial charge in [-0.25, -0.2) is 18.0 Å². The number of rotatable bonds is 7. The molecule has 1 aromatic carbocycles. The molecule has 1 aromatic rings. The zero-order valence-corrected chi connectivity index (χ0v) is 16.9. The van der Waals surface area contributed by atoms with E-state index in [9.17, 15) is 31.5 Å². The molecule has 0 N–H and O–H groups in total. The van der Waals surface area contributed by atoms with E-state index in [2.05, 4.69) is 11.7 Å². The number of amides is 2. The monoisotopic (exact) mass is 450 g/mol. The van der Waals surface area contributed by atoms with Crippen molar-refractivity contribution in [3.63, 3.8) is 0 Å². The van der Waals surface area contributed by atoms with Crippen LogP contribution in [-0.2, 0) is 9.53 Å². The molecule has 0 aromatic heterocycles. The molecule has 0 bridgehead atoms. The number of benzene rings is 1. The number of ether oxygens (including phenoxy) is 2. The Morgan fingerprint density at radius 2 is 1.61 bits per heavy atom. The second-order valence-corrected chi connectivity index (χ2v) is 7.58. The van der Waals surface area contributed by atoms with Crippen molar-refractivity contribution in [1.82, 2.24) is 9.80 Å². The number of hydrogen-bond donors (Lipinski definition) is 0. The highest BCUT2D eigenvalue weighted by Crippen LogP contribution is 2.30. The third kappa shape index (κ3) is 4.69. The lowest BCUT2D eigenvalue weighted by atomic mass is 10.00. The molecule has 2 heterocycles. The van der Waals surface area contributed by atoms with Crippen LogP contribution in [0.3, 0.4) is 0 Å². The van der Waals surface area contributed by atoms with Crippen LogP contribution in [0.15, 0.2) is 0 Å². The summed E-state index contributed by atoms with van der Waals surface area (Å²) in [6.45, 7) is 2.03. The first-order chi connectivity index (χ1) is 14.8. The first-order valence-corrected chi connectivity index (χ1v) is 10.1. The number of likely N-dealkylation sites (tertiary alicyclic amines) is 1. The van der Waals surface area contributed by atoms with Crippen LogP contribution in [0.25, 0.3) is 0 Å². The van der Waals surface area contributed by atoms with E-state index in [1.54, 1.807) is 4.90 Å². The van der Waals surface area contributed by atoms with Gasteiger partial charge in [0.05, 0.1) is 6.04 Å². The highest BCUT2D eigenvalue weighted by molar-refractivity contribution is 5.78. The molecule has 0 saturated carbocycles. The van der Waals surface area contributed by atoms with Gasteiger partial charge in [0, 0.05) is 19.1 Å². The van der Waals surface area contributed by atoms with Crippen LogP contribution >= 0.6 is 0 Å². The zero-order chi connectivity index (χ0) is 22.7.